The summed E-state index contributed by atoms with van der Waals surface area (Å²) in [7, 11) is 2.13. The Morgan fingerprint density at radius 2 is 2.00 bits per heavy atom. The van der Waals surface area contributed by atoms with Gasteiger partial charge in [-0.15, -0.1) is 0 Å². The summed E-state index contributed by atoms with van der Waals surface area (Å²) in [6, 6.07) is 5.87. The van der Waals surface area contributed by atoms with Gasteiger partial charge in [0.1, 0.15) is 0 Å². The van der Waals surface area contributed by atoms with E-state index in [1.165, 1.54) is 11.1 Å². The normalized spacial score (nSPS) is 13.1. The van der Waals surface area contributed by atoms with Crippen molar-refractivity contribution >= 4 is 23.2 Å². The Bertz CT molecular complexity index is 775. The van der Waals surface area contributed by atoms with E-state index in [1.807, 2.05) is 30.7 Å². The van der Waals surface area contributed by atoms with E-state index < -0.39 is 0 Å². The van der Waals surface area contributed by atoms with Gasteiger partial charge < -0.3 is 4.57 Å². The lowest BCUT2D eigenvalue weighted by molar-refractivity contribution is 0.243. The van der Waals surface area contributed by atoms with Crippen molar-refractivity contribution in [2.75, 3.05) is 13.6 Å². The maximum Gasteiger partial charge on any atom is 0.0946 e. The third-order valence-electron chi connectivity index (χ3n) is 4.62. The molecule has 3 nitrogen and oxygen atoms in total. The van der Waals surface area contributed by atoms with Gasteiger partial charge in [-0.2, -0.15) is 0 Å². The molecular formula is C22H29Cl2N3. The standard InChI is InChI=1S/C22H29Cl2N3/c1-17(2)6-5-7-18(3)10-12-26(4)22(15-27-13-11-25-16-27)20-9-8-19(23)14-21(20)24/h6,8-11,13-14,16,22H,5,7,12,15H2,1-4H3/b18-10+. The SMILES string of the molecule is CC(C)=CCC/C(C)=C/CN(C)C(Cn1ccnc1)c1ccc(Cl)cc1Cl. The molecule has 2 rings (SSSR count). The zero-order chi connectivity index (χ0) is 19.8. The Hall–Kier alpha value is -1.55. The number of likely N-dealkylation sites (N-methyl/N-ethyl adjacent to an activating group) is 1. The van der Waals surface area contributed by atoms with E-state index in [0.717, 1.165) is 31.5 Å². The third-order valence-corrected chi connectivity index (χ3v) is 5.18. The van der Waals surface area contributed by atoms with Crippen molar-refractivity contribution in [1.29, 1.82) is 0 Å². The predicted octanol–water partition coefficient (Wildman–Crippen LogP) is 6.56. The second-order valence-corrected chi connectivity index (χ2v) is 8.09. The molecule has 1 aromatic heterocycles. The number of nitrogens with zero attached hydrogens (tertiary/aromatic N) is 3. The molecule has 1 aromatic carbocycles. The number of hydrogen-bond acceptors (Lipinski definition) is 2. The molecule has 0 amide bonds. The Morgan fingerprint density at radius 1 is 1.22 bits per heavy atom. The highest BCUT2D eigenvalue weighted by Crippen LogP contribution is 2.30. The van der Waals surface area contributed by atoms with Crippen LogP contribution in [0.15, 0.2) is 60.2 Å². The lowest BCUT2D eigenvalue weighted by atomic mass is 10.0. The van der Waals surface area contributed by atoms with Crippen molar-refractivity contribution in [3.8, 4) is 0 Å². The molecule has 0 saturated heterocycles. The fourth-order valence-corrected chi connectivity index (χ4v) is 3.49. The highest BCUT2D eigenvalue weighted by atomic mass is 35.5. The summed E-state index contributed by atoms with van der Waals surface area (Å²) in [6.07, 6.45) is 12.4. The number of imidazole rings is 1. The molecule has 1 heterocycles. The third kappa shape index (κ3) is 7.17. The minimum atomic E-state index is 0.130. The number of rotatable bonds is 9. The van der Waals surface area contributed by atoms with Gasteiger partial charge in [0.15, 0.2) is 0 Å². The van der Waals surface area contributed by atoms with Crippen LogP contribution < -0.4 is 0 Å². The average molecular weight is 406 g/mol. The lowest BCUT2D eigenvalue weighted by Gasteiger charge is -2.29. The van der Waals surface area contributed by atoms with E-state index in [2.05, 4.69) is 54.4 Å². The topological polar surface area (TPSA) is 21.1 Å². The van der Waals surface area contributed by atoms with Gasteiger partial charge in [0.05, 0.1) is 12.4 Å². The van der Waals surface area contributed by atoms with Gasteiger partial charge in [-0.05, 0) is 58.4 Å². The van der Waals surface area contributed by atoms with Crippen LogP contribution in [0.1, 0.15) is 45.2 Å². The minimum Gasteiger partial charge on any atom is -0.336 e. The van der Waals surface area contributed by atoms with Gasteiger partial charge in [0.25, 0.3) is 0 Å². The molecule has 0 aliphatic rings. The molecular weight excluding hydrogens is 377 g/mol. The van der Waals surface area contributed by atoms with Crippen LogP contribution in [0, 0.1) is 0 Å². The molecule has 27 heavy (non-hydrogen) atoms. The summed E-state index contributed by atoms with van der Waals surface area (Å²) in [5.41, 5.74) is 3.86. The summed E-state index contributed by atoms with van der Waals surface area (Å²) in [4.78, 5) is 6.48. The highest BCUT2D eigenvalue weighted by Gasteiger charge is 2.20. The van der Waals surface area contributed by atoms with Gasteiger partial charge in [-0.25, -0.2) is 4.98 Å². The van der Waals surface area contributed by atoms with E-state index in [0.29, 0.717) is 10.0 Å². The number of halogens is 2. The first-order valence-corrected chi connectivity index (χ1v) is 10.0. The zero-order valence-electron chi connectivity index (χ0n) is 16.6. The van der Waals surface area contributed by atoms with E-state index >= 15 is 0 Å². The molecule has 0 radical (unpaired) electrons. The van der Waals surface area contributed by atoms with Gasteiger partial charge >= 0.3 is 0 Å². The average Bonchev–Trinajstić information content (AvgIpc) is 3.11. The minimum absolute atomic E-state index is 0.130. The van der Waals surface area contributed by atoms with Crippen molar-refractivity contribution in [3.05, 3.63) is 75.8 Å². The summed E-state index contributed by atoms with van der Waals surface area (Å²) in [5, 5.41) is 1.35. The van der Waals surface area contributed by atoms with Gasteiger partial charge in [0, 0.05) is 35.5 Å². The summed E-state index contributed by atoms with van der Waals surface area (Å²) in [6.45, 7) is 8.13. The van der Waals surface area contributed by atoms with Crippen LogP contribution in [-0.4, -0.2) is 28.0 Å². The number of hydrogen-bond donors (Lipinski definition) is 0. The zero-order valence-corrected chi connectivity index (χ0v) is 18.1. The summed E-state index contributed by atoms with van der Waals surface area (Å²) in [5.74, 6) is 0. The second-order valence-electron chi connectivity index (χ2n) is 7.25. The predicted molar refractivity (Wildman–Crippen MR) is 116 cm³/mol. The highest BCUT2D eigenvalue weighted by molar-refractivity contribution is 6.35. The van der Waals surface area contributed by atoms with E-state index in [1.54, 1.807) is 6.20 Å². The first-order valence-electron chi connectivity index (χ1n) is 9.26. The second kappa shape index (κ2) is 10.7. The summed E-state index contributed by atoms with van der Waals surface area (Å²) >= 11 is 12.6. The van der Waals surface area contributed by atoms with Crippen LogP contribution in [0.4, 0.5) is 0 Å². The van der Waals surface area contributed by atoms with Crippen LogP contribution in [0.3, 0.4) is 0 Å². The number of allylic oxidation sites excluding steroid dienone is 3. The van der Waals surface area contributed by atoms with Crippen LogP contribution in [-0.2, 0) is 6.54 Å². The molecule has 2 aromatic rings. The van der Waals surface area contributed by atoms with Crippen LogP contribution in [0.25, 0.3) is 0 Å². The quantitative estimate of drug-likeness (QED) is 0.440. The molecule has 0 saturated carbocycles. The smallest absolute Gasteiger partial charge is 0.0946 e. The Kier molecular flexibility index (Phi) is 8.62. The number of benzene rings is 1. The van der Waals surface area contributed by atoms with Crippen LogP contribution >= 0.6 is 23.2 Å². The Balaban J connectivity index is 2.13. The molecule has 0 N–H and O–H groups in total. The van der Waals surface area contributed by atoms with Crippen LogP contribution in [0.5, 0.6) is 0 Å². The molecule has 0 spiro atoms. The number of aromatic nitrogens is 2. The fraction of sp³-hybridized carbons (Fsp3) is 0.409. The van der Waals surface area contributed by atoms with Crippen molar-refractivity contribution in [3.63, 3.8) is 0 Å². The van der Waals surface area contributed by atoms with Gasteiger partial charge in [0.2, 0.25) is 0 Å². The van der Waals surface area contributed by atoms with Crippen molar-refractivity contribution in [2.24, 2.45) is 0 Å². The monoisotopic (exact) mass is 405 g/mol. The molecule has 0 aliphatic carbocycles. The van der Waals surface area contributed by atoms with Crippen molar-refractivity contribution in [1.82, 2.24) is 14.5 Å². The van der Waals surface area contributed by atoms with Crippen LogP contribution in [0.2, 0.25) is 10.0 Å². The molecule has 0 bridgehead atoms. The molecule has 0 fully saturated rings. The molecule has 146 valence electrons. The molecule has 0 aliphatic heterocycles. The first-order chi connectivity index (χ1) is 12.9. The van der Waals surface area contributed by atoms with Crippen molar-refractivity contribution < 1.29 is 0 Å². The van der Waals surface area contributed by atoms with Crippen molar-refractivity contribution in [2.45, 2.75) is 46.2 Å². The summed E-state index contributed by atoms with van der Waals surface area (Å²) < 4.78 is 2.08. The van der Waals surface area contributed by atoms with E-state index in [4.69, 9.17) is 23.2 Å². The maximum absolute atomic E-state index is 6.51. The maximum atomic E-state index is 6.51. The largest absolute Gasteiger partial charge is 0.336 e. The Labute approximate surface area is 173 Å². The Morgan fingerprint density at radius 3 is 2.63 bits per heavy atom. The molecule has 1 unspecified atom stereocenters. The lowest BCUT2D eigenvalue weighted by Crippen LogP contribution is -2.28. The first kappa shape index (κ1) is 21.7. The fourth-order valence-electron chi connectivity index (χ4n) is 2.96. The van der Waals surface area contributed by atoms with E-state index in [-0.39, 0.29) is 6.04 Å². The van der Waals surface area contributed by atoms with Gasteiger partial charge in [-0.1, -0.05) is 52.6 Å². The molecule has 5 heteroatoms. The molecule has 1 atom stereocenters. The van der Waals surface area contributed by atoms with Gasteiger partial charge in [-0.3, -0.25) is 4.90 Å². The van der Waals surface area contributed by atoms with E-state index in [9.17, 15) is 0 Å².